The molecule has 1 atom stereocenters. The van der Waals surface area contributed by atoms with Crippen molar-refractivity contribution >= 4 is 11.9 Å². The average Bonchev–Trinajstić information content (AvgIpc) is 2.67. The van der Waals surface area contributed by atoms with Crippen LogP contribution in [0.5, 0.6) is 0 Å². The van der Waals surface area contributed by atoms with Gasteiger partial charge in [-0.3, -0.25) is 14.5 Å². The highest BCUT2D eigenvalue weighted by Gasteiger charge is 2.20. The fourth-order valence-electron chi connectivity index (χ4n) is 1.91. The number of aliphatic carboxylic acids is 2. The minimum atomic E-state index is -0.906. The van der Waals surface area contributed by atoms with E-state index in [1.165, 1.54) is 0 Å². The molecule has 0 amide bonds. The lowest BCUT2D eigenvalue weighted by Crippen LogP contribution is -2.33. The van der Waals surface area contributed by atoms with Crippen molar-refractivity contribution in [1.29, 1.82) is 0 Å². The van der Waals surface area contributed by atoms with Crippen LogP contribution in [0.4, 0.5) is 0 Å². The molecular weight excluding hydrogens is 264 g/mol. The predicted molar refractivity (Wildman–Crippen MR) is 70.3 cm³/mol. The van der Waals surface area contributed by atoms with E-state index in [1.54, 1.807) is 18.7 Å². The van der Waals surface area contributed by atoms with Gasteiger partial charge in [-0.25, -0.2) is 0 Å². The Kier molecular flexibility index (Phi) is 5.69. The number of hydrogen-bond acceptors (Lipinski definition) is 5. The summed E-state index contributed by atoms with van der Waals surface area (Å²) in [5, 5.41) is 21.6. The lowest BCUT2D eigenvalue weighted by atomic mass is 10.1. The quantitative estimate of drug-likeness (QED) is 0.741. The number of carbonyl (C=O) groups is 2. The molecule has 0 aromatic carbocycles. The summed E-state index contributed by atoms with van der Waals surface area (Å²) in [6, 6.07) is 0. The number of carboxylic acids is 2. The van der Waals surface area contributed by atoms with Crippen molar-refractivity contribution in [2.24, 2.45) is 5.92 Å². The highest BCUT2D eigenvalue weighted by Crippen LogP contribution is 2.16. The first kappa shape index (κ1) is 16.2. The molecule has 1 rings (SSSR count). The van der Waals surface area contributed by atoms with E-state index < -0.39 is 17.9 Å². The molecule has 2 N–H and O–H groups in total. The van der Waals surface area contributed by atoms with Crippen LogP contribution in [0.25, 0.3) is 0 Å². The van der Waals surface area contributed by atoms with Gasteiger partial charge in [0.05, 0.1) is 18.0 Å². The van der Waals surface area contributed by atoms with E-state index in [4.69, 9.17) is 14.7 Å². The Morgan fingerprint density at radius 3 is 2.45 bits per heavy atom. The van der Waals surface area contributed by atoms with Crippen molar-refractivity contribution in [2.75, 3.05) is 13.1 Å². The molecule has 0 fully saturated rings. The van der Waals surface area contributed by atoms with Gasteiger partial charge < -0.3 is 14.7 Å². The number of aromatic nitrogens is 1. The maximum Gasteiger partial charge on any atom is 0.307 e. The fraction of sp³-hybridized carbons (Fsp3) is 0.615. The zero-order valence-electron chi connectivity index (χ0n) is 11.9. The Balaban J connectivity index is 2.76. The molecule has 1 unspecified atom stereocenters. The van der Waals surface area contributed by atoms with Gasteiger partial charge in [0.2, 0.25) is 0 Å². The van der Waals surface area contributed by atoms with Crippen molar-refractivity contribution in [3.05, 3.63) is 17.0 Å². The number of carboxylic acid groups (broad SMARTS) is 2. The molecule has 7 heteroatoms. The van der Waals surface area contributed by atoms with Crippen LogP contribution in [0.15, 0.2) is 4.52 Å². The monoisotopic (exact) mass is 284 g/mol. The number of hydrogen-bond donors (Lipinski definition) is 2. The van der Waals surface area contributed by atoms with Crippen molar-refractivity contribution < 1.29 is 24.3 Å². The molecule has 20 heavy (non-hydrogen) atoms. The molecule has 0 saturated heterocycles. The van der Waals surface area contributed by atoms with Crippen LogP contribution in [0.2, 0.25) is 0 Å². The molecule has 1 aromatic rings. The van der Waals surface area contributed by atoms with Gasteiger partial charge in [0.25, 0.3) is 0 Å². The van der Waals surface area contributed by atoms with E-state index in [0.29, 0.717) is 12.3 Å². The maximum atomic E-state index is 10.9. The van der Waals surface area contributed by atoms with Crippen LogP contribution < -0.4 is 0 Å². The van der Waals surface area contributed by atoms with Gasteiger partial charge in [-0.05, 0) is 13.8 Å². The normalized spacial score (nSPS) is 12.6. The third-order valence-electron chi connectivity index (χ3n) is 3.16. The van der Waals surface area contributed by atoms with Gasteiger partial charge in [-0.1, -0.05) is 12.1 Å². The number of nitrogens with zero attached hydrogens (tertiary/aromatic N) is 2. The first-order valence-electron chi connectivity index (χ1n) is 6.40. The average molecular weight is 284 g/mol. The maximum absolute atomic E-state index is 10.9. The van der Waals surface area contributed by atoms with Crippen molar-refractivity contribution in [1.82, 2.24) is 10.1 Å². The molecule has 0 aliphatic heterocycles. The smallest absolute Gasteiger partial charge is 0.307 e. The topological polar surface area (TPSA) is 104 Å². The van der Waals surface area contributed by atoms with Crippen LogP contribution in [-0.2, 0) is 16.1 Å². The van der Waals surface area contributed by atoms with Crippen LogP contribution in [0.3, 0.4) is 0 Å². The third kappa shape index (κ3) is 4.65. The second-order valence-electron chi connectivity index (χ2n) is 4.92. The summed E-state index contributed by atoms with van der Waals surface area (Å²) in [5.74, 6) is -1.70. The largest absolute Gasteiger partial charge is 0.481 e. The van der Waals surface area contributed by atoms with Crippen molar-refractivity contribution in [3.63, 3.8) is 0 Å². The fourth-order valence-corrected chi connectivity index (χ4v) is 1.91. The predicted octanol–water partition coefficient (Wildman–Crippen LogP) is 1.29. The summed E-state index contributed by atoms with van der Waals surface area (Å²) >= 11 is 0. The van der Waals surface area contributed by atoms with Crippen LogP contribution in [-0.4, -0.2) is 45.3 Å². The standard InChI is InChI=1S/C13H20N2O5/c1-8(13(18)19)6-15(5-4-12(16)17)7-11-9(2)14-20-10(11)3/h8H,4-7H2,1-3H3,(H,16,17)(H,18,19). The van der Waals surface area contributed by atoms with Gasteiger partial charge >= 0.3 is 11.9 Å². The molecule has 112 valence electrons. The van der Waals surface area contributed by atoms with E-state index >= 15 is 0 Å². The second-order valence-corrected chi connectivity index (χ2v) is 4.92. The summed E-state index contributed by atoms with van der Waals surface area (Å²) < 4.78 is 5.06. The Morgan fingerprint density at radius 2 is 2.00 bits per heavy atom. The van der Waals surface area contributed by atoms with Crippen LogP contribution in [0.1, 0.15) is 30.4 Å². The summed E-state index contributed by atoms with van der Waals surface area (Å²) in [5.41, 5.74) is 1.62. The Bertz CT molecular complexity index is 464. The van der Waals surface area contributed by atoms with Crippen LogP contribution in [0, 0.1) is 19.8 Å². The van der Waals surface area contributed by atoms with Gasteiger partial charge in [0.15, 0.2) is 0 Å². The van der Waals surface area contributed by atoms with E-state index in [1.807, 2.05) is 6.92 Å². The third-order valence-corrected chi connectivity index (χ3v) is 3.16. The SMILES string of the molecule is Cc1noc(C)c1CN(CCC(=O)O)CC(C)C(=O)O. The van der Waals surface area contributed by atoms with Crippen molar-refractivity contribution in [2.45, 2.75) is 33.7 Å². The highest BCUT2D eigenvalue weighted by molar-refractivity contribution is 5.69. The van der Waals surface area contributed by atoms with E-state index in [2.05, 4.69) is 5.16 Å². The molecule has 0 aliphatic rings. The number of aryl methyl sites for hydroxylation is 2. The zero-order chi connectivity index (χ0) is 15.3. The minimum absolute atomic E-state index is 0.0320. The summed E-state index contributed by atoms with van der Waals surface area (Å²) in [4.78, 5) is 23.4. The van der Waals surface area contributed by atoms with E-state index in [0.717, 1.165) is 11.3 Å². The zero-order valence-corrected chi connectivity index (χ0v) is 11.9. The van der Waals surface area contributed by atoms with Gasteiger partial charge in [0, 0.05) is 25.2 Å². The highest BCUT2D eigenvalue weighted by atomic mass is 16.5. The first-order valence-corrected chi connectivity index (χ1v) is 6.40. The number of rotatable bonds is 8. The minimum Gasteiger partial charge on any atom is -0.481 e. The van der Waals surface area contributed by atoms with Gasteiger partial charge in [-0.2, -0.15) is 0 Å². The second kappa shape index (κ2) is 7.04. The summed E-state index contributed by atoms with van der Waals surface area (Å²) in [6.07, 6.45) is -0.0320. The molecule has 7 nitrogen and oxygen atoms in total. The molecule has 0 radical (unpaired) electrons. The van der Waals surface area contributed by atoms with Crippen molar-refractivity contribution in [3.8, 4) is 0 Å². The summed E-state index contributed by atoms with van der Waals surface area (Å²) in [7, 11) is 0. The summed E-state index contributed by atoms with van der Waals surface area (Å²) in [6.45, 7) is 6.20. The molecule has 0 aliphatic carbocycles. The molecule has 0 saturated carbocycles. The lowest BCUT2D eigenvalue weighted by molar-refractivity contribution is -0.141. The molecule has 1 heterocycles. The van der Waals surface area contributed by atoms with Crippen LogP contribution >= 0.6 is 0 Å². The Hall–Kier alpha value is -1.89. The van der Waals surface area contributed by atoms with E-state index in [-0.39, 0.29) is 19.5 Å². The molecular formula is C13H20N2O5. The van der Waals surface area contributed by atoms with Gasteiger partial charge in [0.1, 0.15) is 5.76 Å². The Morgan fingerprint density at radius 1 is 1.35 bits per heavy atom. The van der Waals surface area contributed by atoms with Gasteiger partial charge in [-0.15, -0.1) is 0 Å². The lowest BCUT2D eigenvalue weighted by Gasteiger charge is -2.23. The van der Waals surface area contributed by atoms with E-state index in [9.17, 15) is 9.59 Å². The molecule has 0 spiro atoms. The first-order chi connectivity index (χ1) is 9.31. The molecule has 0 bridgehead atoms. The molecule has 1 aromatic heterocycles. The Labute approximate surface area is 117 Å².